The lowest BCUT2D eigenvalue weighted by atomic mass is 10.1. The van der Waals surface area contributed by atoms with Gasteiger partial charge < -0.3 is 14.8 Å². The van der Waals surface area contributed by atoms with Gasteiger partial charge in [-0.25, -0.2) is 0 Å². The molecule has 136 valence electrons. The van der Waals surface area contributed by atoms with Gasteiger partial charge in [0.1, 0.15) is 13.2 Å². The molecule has 0 fully saturated rings. The Morgan fingerprint density at radius 1 is 1.11 bits per heavy atom. The highest BCUT2D eigenvalue weighted by Gasteiger charge is 2.15. The number of aromatic nitrogens is 1. The molecule has 0 bridgehead atoms. The number of ether oxygens (including phenoxy) is 2. The number of amides is 1. The van der Waals surface area contributed by atoms with E-state index < -0.39 is 0 Å². The van der Waals surface area contributed by atoms with Crippen molar-refractivity contribution in [3.05, 3.63) is 71.9 Å². The Labute approximate surface area is 157 Å². The summed E-state index contributed by atoms with van der Waals surface area (Å²) in [5, 5.41) is 4.02. The summed E-state index contributed by atoms with van der Waals surface area (Å²) in [4.78, 5) is 16.8. The zero-order chi connectivity index (χ0) is 18.6. The zero-order valence-corrected chi connectivity index (χ0v) is 15.0. The summed E-state index contributed by atoms with van der Waals surface area (Å²) < 4.78 is 11.1. The van der Waals surface area contributed by atoms with E-state index in [-0.39, 0.29) is 11.9 Å². The molecule has 0 spiro atoms. The first-order chi connectivity index (χ1) is 13.2. The summed E-state index contributed by atoms with van der Waals surface area (Å²) in [5.74, 6) is 1.30. The second kappa shape index (κ2) is 7.50. The molecule has 1 aliphatic heterocycles. The van der Waals surface area contributed by atoms with E-state index in [0.717, 1.165) is 33.5 Å². The van der Waals surface area contributed by atoms with Crippen molar-refractivity contribution in [2.24, 2.45) is 0 Å². The molecule has 1 atom stereocenters. The standard InChI is InChI=1S/C22H20N2O3/c1-15(18-7-9-19-20(14-18)27-13-12-26-19)24-21(25)10-8-17-5-2-4-16-6-3-11-23-22(16)17/h2-11,14-15H,12-13H2,1H3,(H,24,25)/b10-8+. The highest BCUT2D eigenvalue weighted by atomic mass is 16.6. The lowest BCUT2D eigenvalue weighted by molar-refractivity contribution is -0.117. The highest BCUT2D eigenvalue weighted by molar-refractivity contribution is 5.95. The van der Waals surface area contributed by atoms with Crippen LogP contribution in [0.3, 0.4) is 0 Å². The fraction of sp³-hybridized carbons (Fsp3) is 0.182. The third-order valence-electron chi connectivity index (χ3n) is 4.50. The number of nitrogens with zero attached hydrogens (tertiary/aromatic N) is 1. The molecule has 5 nitrogen and oxygen atoms in total. The van der Waals surface area contributed by atoms with Gasteiger partial charge in [-0.3, -0.25) is 9.78 Å². The number of benzene rings is 2. The molecule has 1 amide bonds. The van der Waals surface area contributed by atoms with Crippen LogP contribution >= 0.6 is 0 Å². The first kappa shape index (κ1) is 17.1. The predicted molar refractivity (Wildman–Crippen MR) is 105 cm³/mol. The van der Waals surface area contributed by atoms with Crippen molar-refractivity contribution < 1.29 is 14.3 Å². The van der Waals surface area contributed by atoms with Gasteiger partial charge in [0.15, 0.2) is 11.5 Å². The van der Waals surface area contributed by atoms with Gasteiger partial charge in [0, 0.05) is 23.2 Å². The Bertz CT molecular complexity index is 1010. The Hall–Kier alpha value is -3.34. The molecule has 27 heavy (non-hydrogen) atoms. The van der Waals surface area contributed by atoms with Crippen LogP contribution in [0.2, 0.25) is 0 Å². The quantitative estimate of drug-likeness (QED) is 0.717. The smallest absolute Gasteiger partial charge is 0.244 e. The number of pyridine rings is 1. The second-order valence-electron chi connectivity index (χ2n) is 6.39. The number of hydrogen-bond donors (Lipinski definition) is 1. The van der Waals surface area contributed by atoms with E-state index >= 15 is 0 Å². The first-order valence-corrected chi connectivity index (χ1v) is 8.92. The molecule has 2 heterocycles. The maximum atomic E-state index is 12.4. The van der Waals surface area contributed by atoms with Crippen LogP contribution in [0.5, 0.6) is 11.5 Å². The molecule has 1 unspecified atom stereocenters. The highest BCUT2D eigenvalue weighted by Crippen LogP contribution is 2.32. The second-order valence-corrected chi connectivity index (χ2v) is 6.39. The lowest BCUT2D eigenvalue weighted by Gasteiger charge is -2.20. The lowest BCUT2D eigenvalue weighted by Crippen LogP contribution is -2.25. The van der Waals surface area contributed by atoms with E-state index in [0.29, 0.717) is 13.2 Å². The molecule has 1 aromatic heterocycles. The Kier molecular flexibility index (Phi) is 4.75. The van der Waals surface area contributed by atoms with Crippen molar-refractivity contribution in [2.75, 3.05) is 13.2 Å². The maximum Gasteiger partial charge on any atom is 0.244 e. The van der Waals surface area contributed by atoms with Crippen molar-refractivity contribution >= 4 is 22.9 Å². The first-order valence-electron chi connectivity index (χ1n) is 8.92. The van der Waals surface area contributed by atoms with Gasteiger partial charge >= 0.3 is 0 Å². The van der Waals surface area contributed by atoms with Crippen LogP contribution in [0.25, 0.3) is 17.0 Å². The zero-order valence-electron chi connectivity index (χ0n) is 15.0. The monoisotopic (exact) mass is 360 g/mol. The third kappa shape index (κ3) is 3.77. The van der Waals surface area contributed by atoms with Crippen molar-refractivity contribution in [1.29, 1.82) is 0 Å². The molecular formula is C22H20N2O3. The number of hydrogen-bond acceptors (Lipinski definition) is 4. The van der Waals surface area contributed by atoms with Gasteiger partial charge in [-0.15, -0.1) is 0 Å². The summed E-state index contributed by atoms with van der Waals surface area (Å²) in [5.41, 5.74) is 2.76. The SMILES string of the molecule is CC(NC(=O)/C=C/c1cccc2cccnc12)c1ccc2c(c1)OCCO2. The summed E-state index contributed by atoms with van der Waals surface area (Å²) >= 11 is 0. The number of rotatable bonds is 4. The number of nitrogens with one attached hydrogen (secondary N) is 1. The Morgan fingerprint density at radius 2 is 1.93 bits per heavy atom. The summed E-state index contributed by atoms with van der Waals surface area (Å²) in [6, 6.07) is 15.4. The summed E-state index contributed by atoms with van der Waals surface area (Å²) in [6.07, 6.45) is 5.09. The van der Waals surface area contributed by atoms with Crippen LogP contribution < -0.4 is 14.8 Å². The Morgan fingerprint density at radius 3 is 2.81 bits per heavy atom. The van der Waals surface area contributed by atoms with Crippen molar-refractivity contribution in [3.8, 4) is 11.5 Å². The third-order valence-corrected chi connectivity index (χ3v) is 4.50. The molecule has 0 saturated heterocycles. The van der Waals surface area contributed by atoms with E-state index in [1.165, 1.54) is 6.08 Å². The normalized spacial score (nSPS) is 14.3. The van der Waals surface area contributed by atoms with Crippen molar-refractivity contribution in [3.63, 3.8) is 0 Å². The Balaban J connectivity index is 1.46. The molecule has 4 rings (SSSR count). The van der Waals surface area contributed by atoms with Crippen LogP contribution in [0, 0.1) is 0 Å². The van der Waals surface area contributed by atoms with E-state index in [1.807, 2.05) is 55.5 Å². The molecule has 1 aliphatic rings. The fourth-order valence-corrected chi connectivity index (χ4v) is 3.10. The van der Waals surface area contributed by atoms with Crippen molar-refractivity contribution in [2.45, 2.75) is 13.0 Å². The van der Waals surface area contributed by atoms with Gasteiger partial charge in [-0.1, -0.05) is 30.3 Å². The minimum atomic E-state index is -0.162. The van der Waals surface area contributed by atoms with Gasteiger partial charge in [0.2, 0.25) is 5.91 Å². The minimum absolute atomic E-state index is 0.149. The topological polar surface area (TPSA) is 60.5 Å². The van der Waals surface area contributed by atoms with Gasteiger partial charge in [-0.2, -0.15) is 0 Å². The van der Waals surface area contributed by atoms with Gasteiger partial charge in [0.05, 0.1) is 11.6 Å². The molecule has 0 aliphatic carbocycles. The van der Waals surface area contributed by atoms with E-state index in [9.17, 15) is 4.79 Å². The number of fused-ring (bicyclic) bond motifs is 2. The van der Waals surface area contributed by atoms with E-state index in [4.69, 9.17) is 9.47 Å². The maximum absolute atomic E-state index is 12.4. The average Bonchev–Trinajstić information content (AvgIpc) is 2.71. The molecule has 2 aromatic carbocycles. The van der Waals surface area contributed by atoms with Crippen LogP contribution in [-0.2, 0) is 4.79 Å². The predicted octanol–water partition coefficient (Wildman–Crippen LogP) is 3.90. The van der Waals surface area contributed by atoms with Crippen LogP contribution in [-0.4, -0.2) is 24.1 Å². The average molecular weight is 360 g/mol. The number of carbonyl (C=O) groups is 1. The summed E-state index contributed by atoms with van der Waals surface area (Å²) in [7, 11) is 0. The molecule has 0 radical (unpaired) electrons. The van der Waals surface area contributed by atoms with Crippen LogP contribution in [0.15, 0.2) is 60.8 Å². The minimum Gasteiger partial charge on any atom is -0.486 e. The molecule has 1 N–H and O–H groups in total. The number of carbonyl (C=O) groups excluding carboxylic acids is 1. The largest absolute Gasteiger partial charge is 0.486 e. The van der Waals surface area contributed by atoms with Crippen molar-refractivity contribution in [1.82, 2.24) is 10.3 Å². The number of para-hydroxylation sites is 1. The molecule has 3 aromatic rings. The fourth-order valence-electron chi connectivity index (χ4n) is 3.10. The van der Waals surface area contributed by atoms with Gasteiger partial charge in [-0.05, 0) is 36.8 Å². The molecule has 5 heteroatoms. The van der Waals surface area contributed by atoms with E-state index in [1.54, 1.807) is 12.3 Å². The van der Waals surface area contributed by atoms with E-state index in [2.05, 4.69) is 10.3 Å². The molecule has 0 saturated carbocycles. The van der Waals surface area contributed by atoms with Crippen LogP contribution in [0.1, 0.15) is 24.1 Å². The van der Waals surface area contributed by atoms with Crippen LogP contribution in [0.4, 0.5) is 0 Å². The summed E-state index contributed by atoms with van der Waals surface area (Å²) in [6.45, 7) is 3.04. The van der Waals surface area contributed by atoms with Gasteiger partial charge in [0.25, 0.3) is 0 Å². The molecular weight excluding hydrogens is 340 g/mol.